The lowest BCUT2D eigenvalue weighted by atomic mass is 10.0. The monoisotopic (exact) mass is 290 g/mol. The summed E-state index contributed by atoms with van der Waals surface area (Å²) in [6.07, 6.45) is 5.66. The average molecular weight is 290 g/mol. The molecule has 3 rings (SSSR count). The Balaban J connectivity index is 1.64. The van der Waals surface area contributed by atoms with Crippen LogP contribution in [0.3, 0.4) is 0 Å². The van der Waals surface area contributed by atoms with Gasteiger partial charge < -0.3 is 14.8 Å². The molecule has 8 heteroatoms. The molecule has 1 aliphatic heterocycles. The van der Waals surface area contributed by atoms with E-state index in [4.69, 9.17) is 9.47 Å². The van der Waals surface area contributed by atoms with Gasteiger partial charge in [-0.15, -0.1) is 0 Å². The fourth-order valence-corrected chi connectivity index (χ4v) is 2.41. The number of ether oxygens (including phenoxy) is 2. The zero-order valence-corrected chi connectivity index (χ0v) is 11.8. The van der Waals surface area contributed by atoms with Gasteiger partial charge in [-0.3, -0.25) is 5.10 Å². The molecule has 1 aliphatic rings. The van der Waals surface area contributed by atoms with E-state index in [1.54, 1.807) is 12.4 Å². The molecule has 112 valence electrons. The van der Waals surface area contributed by atoms with Gasteiger partial charge in [-0.1, -0.05) is 0 Å². The molecule has 0 spiro atoms. The van der Waals surface area contributed by atoms with Crippen LogP contribution in [-0.2, 0) is 4.74 Å². The van der Waals surface area contributed by atoms with Crippen molar-refractivity contribution in [2.24, 2.45) is 5.92 Å². The predicted molar refractivity (Wildman–Crippen MR) is 74.9 cm³/mol. The van der Waals surface area contributed by atoms with E-state index in [2.05, 4.69) is 30.5 Å². The van der Waals surface area contributed by atoms with Crippen LogP contribution in [0.4, 0.5) is 5.82 Å². The van der Waals surface area contributed by atoms with Crippen LogP contribution in [0.5, 0.6) is 5.88 Å². The van der Waals surface area contributed by atoms with Crippen LogP contribution in [0, 0.1) is 5.92 Å². The van der Waals surface area contributed by atoms with Gasteiger partial charge in [0.2, 0.25) is 0 Å². The quantitative estimate of drug-likeness (QED) is 0.824. The van der Waals surface area contributed by atoms with Gasteiger partial charge in [0.05, 0.1) is 6.61 Å². The van der Waals surface area contributed by atoms with E-state index in [1.807, 2.05) is 6.92 Å². The molecule has 2 N–H and O–H groups in total. The van der Waals surface area contributed by atoms with E-state index in [9.17, 15) is 0 Å². The third-order valence-corrected chi connectivity index (χ3v) is 3.39. The molecule has 0 unspecified atom stereocenters. The zero-order valence-electron chi connectivity index (χ0n) is 11.8. The smallest absolute Gasteiger partial charge is 0.257 e. The first-order chi connectivity index (χ1) is 10.4. The lowest BCUT2D eigenvalue weighted by Crippen LogP contribution is -2.19. The zero-order chi connectivity index (χ0) is 14.5. The van der Waals surface area contributed by atoms with Crippen molar-refractivity contribution in [3.63, 3.8) is 0 Å². The van der Waals surface area contributed by atoms with Crippen molar-refractivity contribution < 1.29 is 9.47 Å². The van der Waals surface area contributed by atoms with Gasteiger partial charge in [0.1, 0.15) is 12.4 Å². The van der Waals surface area contributed by atoms with Crippen molar-refractivity contribution in [1.82, 2.24) is 25.1 Å². The molecule has 3 heterocycles. The van der Waals surface area contributed by atoms with Gasteiger partial charge in [0.25, 0.3) is 5.88 Å². The molecule has 2 atom stereocenters. The summed E-state index contributed by atoms with van der Waals surface area (Å²) in [4.78, 5) is 12.6. The van der Waals surface area contributed by atoms with Crippen molar-refractivity contribution in [3.8, 4) is 5.88 Å². The van der Waals surface area contributed by atoms with E-state index in [0.717, 1.165) is 18.9 Å². The lowest BCUT2D eigenvalue weighted by molar-refractivity contribution is 0.0864. The SMILES string of the molecule is CCOc1nccnc1NC[C@@H]1CCO[C@@H]1c1ncn[nH]1. The van der Waals surface area contributed by atoms with Gasteiger partial charge in [-0.25, -0.2) is 15.0 Å². The van der Waals surface area contributed by atoms with Crippen LogP contribution in [0.2, 0.25) is 0 Å². The maximum Gasteiger partial charge on any atom is 0.257 e. The standard InChI is InChI=1S/C13H18N6O2/c1-2-20-13-12(14-4-5-15-13)16-7-9-3-6-21-10(9)11-17-8-18-19-11/h4-5,8-10H,2-3,6-7H2,1H3,(H,14,16)(H,17,18,19)/t9-,10-/m0/s1. The van der Waals surface area contributed by atoms with Gasteiger partial charge in [0, 0.05) is 31.5 Å². The Morgan fingerprint density at radius 1 is 1.38 bits per heavy atom. The molecule has 0 saturated carbocycles. The predicted octanol–water partition coefficient (Wildman–Crippen LogP) is 1.18. The van der Waals surface area contributed by atoms with E-state index in [0.29, 0.717) is 30.8 Å². The number of aromatic amines is 1. The minimum atomic E-state index is -0.0628. The number of rotatable bonds is 6. The molecule has 2 aromatic heterocycles. The van der Waals surface area contributed by atoms with E-state index in [1.165, 1.54) is 6.33 Å². The third-order valence-electron chi connectivity index (χ3n) is 3.39. The average Bonchev–Trinajstić information content (AvgIpc) is 3.17. The number of aromatic nitrogens is 5. The topological polar surface area (TPSA) is 97.8 Å². The molecular formula is C13H18N6O2. The molecule has 21 heavy (non-hydrogen) atoms. The lowest BCUT2D eigenvalue weighted by Gasteiger charge is -2.17. The summed E-state index contributed by atoms with van der Waals surface area (Å²) in [5, 5.41) is 10.0. The number of hydrogen-bond acceptors (Lipinski definition) is 7. The molecule has 1 fully saturated rings. The summed E-state index contributed by atoms with van der Waals surface area (Å²) in [6, 6.07) is 0. The molecular weight excluding hydrogens is 272 g/mol. The number of hydrogen-bond donors (Lipinski definition) is 2. The molecule has 8 nitrogen and oxygen atoms in total. The summed E-state index contributed by atoms with van der Waals surface area (Å²) >= 11 is 0. The largest absolute Gasteiger partial charge is 0.475 e. The molecule has 0 radical (unpaired) electrons. The second-order valence-corrected chi connectivity index (χ2v) is 4.73. The molecule has 0 amide bonds. The Kier molecular flexibility index (Phi) is 4.25. The van der Waals surface area contributed by atoms with Gasteiger partial charge in [-0.2, -0.15) is 5.10 Å². The normalized spacial score (nSPS) is 21.4. The third kappa shape index (κ3) is 3.10. The minimum absolute atomic E-state index is 0.0628. The summed E-state index contributed by atoms with van der Waals surface area (Å²) in [5.41, 5.74) is 0. The molecule has 0 bridgehead atoms. The van der Waals surface area contributed by atoms with Gasteiger partial charge in [-0.05, 0) is 13.3 Å². The highest BCUT2D eigenvalue weighted by Crippen LogP contribution is 2.32. The minimum Gasteiger partial charge on any atom is -0.475 e. The maximum absolute atomic E-state index is 5.74. The Morgan fingerprint density at radius 2 is 2.29 bits per heavy atom. The van der Waals surface area contributed by atoms with Crippen LogP contribution in [0.25, 0.3) is 0 Å². The van der Waals surface area contributed by atoms with E-state index < -0.39 is 0 Å². The molecule has 0 aromatic carbocycles. The van der Waals surface area contributed by atoms with Crippen molar-refractivity contribution in [1.29, 1.82) is 0 Å². The van der Waals surface area contributed by atoms with Crippen LogP contribution in [0.15, 0.2) is 18.7 Å². The number of nitrogens with one attached hydrogen (secondary N) is 2. The van der Waals surface area contributed by atoms with E-state index >= 15 is 0 Å². The van der Waals surface area contributed by atoms with Crippen LogP contribution >= 0.6 is 0 Å². The first-order valence-electron chi connectivity index (χ1n) is 7.03. The van der Waals surface area contributed by atoms with Crippen molar-refractivity contribution in [2.75, 3.05) is 25.1 Å². The summed E-state index contributed by atoms with van der Waals surface area (Å²) < 4.78 is 11.2. The summed E-state index contributed by atoms with van der Waals surface area (Å²) in [5.74, 6) is 2.25. The van der Waals surface area contributed by atoms with Gasteiger partial charge in [0.15, 0.2) is 11.6 Å². The first-order valence-corrected chi connectivity index (χ1v) is 7.03. The Labute approximate surface area is 122 Å². The highest BCUT2D eigenvalue weighted by Gasteiger charge is 2.31. The molecule has 1 saturated heterocycles. The first kappa shape index (κ1) is 13.7. The molecule has 0 aliphatic carbocycles. The second-order valence-electron chi connectivity index (χ2n) is 4.73. The highest BCUT2D eigenvalue weighted by molar-refractivity contribution is 5.44. The number of anilines is 1. The maximum atomic E-state index is 5.74. The Morgan fingerprint density at radius 3 is 3.10 bits per heavy atom. The van der Waals surface area contributed by atoms with Crippen LogP contribution in [-0.4, -0.2) is 44.9 Å². The second kappa shape index (κ2) is 6.49. The molecule has 2 aromatic rings. The summed E-state index contributed by atoms with van der Waals surface area (Å²) in [7, 11) is 0. The van der Waals surface area contributed by atoms with Crippen molar-refractivity contribution >= 4 is 5.82 Å². The Bertz CT molecular complexity index is 562. The van der Waals surface area contributed by atoms with Crippen LogP contribution in [0.1, 0.15) is 25.3 Å². The summed E-state index contributed by atoms with van der Waals surface area (Å²) in [6.45, 7) is 3.91. The number of nitrogens with zero attached hydrogens (tertiary/aromatic N) is 4. The fraction of sp³-hybridized carbons (Fsp3) is 0.538. The Hall–Kier alpha value is -2.22. The van der Waals surface area contributed by atoms with Gasteiger partial charge >= 0.3 is 0 Å². The van der Waals surface area contributed by atoms with Crippen molar-refractivity contribution in [3.05, 3.63) is 24.5 Å². The fourth-order valence-electron chi connectivity index (χ4n) is 2.41. The van der Waals surface area contributed by atoms with Crippen molar-refractivity contribution in [2.45, 2.75) is 19.4 Å². The highest BCUT2D eigenvalue weighted by atomic mass is 16.5. The van der Waals surface area contributed by atoms with E-state index in [-0.39, 0.29) is 6.10 Å². The number of H-pyrrole nitrogens is 1. The van der Waals surface area contributed by atoms with Crippen LogP contribution < -0.4 is 10.1 Å².